The summed E-state index contributed by atoms with van der Waals surface area (Å²) in [5, 5.41) is 80.6. The minimum absolute atomic E-state index is 0.0202. The first-order chi connectivity index (χ1) is 35.8. The van der Waals surface area contributed by atoms with E-state index >= 15 is 0 Å². The molecule has 3 heterocycles. The number of nitrogens with zero attached hydrogens (tertiary/aromatic N) is 9. The van der Waals surface area contributed by atoms with Crippen molar-refractivity contribution in [1.82, 2.24) is 14.5 Å². The van der Waals surface area contributed by atoms with Crippen LogP contribution in [0, 0.1) is 70.1 Å². The van der Waals surface area contributed by atoms with E-state index in [0.29, 0.717) is 5.69 Å². The molecule has 0 fully saturated rings. The van der Waals surface area contributed by atoms with Gasteiger partial charge in [0, 0.05) is 23.2 Å². The summed E-state index contributed by atoms with van der Waals surface area (Å²) >= 11 is 0. The molecule has 76 heavy (non-hydrogen) atoms. The van der Waals surface area contributed by atoms with Gasteiger partial charge in [0.05, 0.1) is 16.9 Å². The Labute approximate surface area is 434 Å². The van der Waals surface area contributed by atoms with E-state index in [9.17, 15) is 53.0 Å². The van der Waals surface area contributed by atoms with Crippen molar-refractivity contribution in [2.75, 3.05) is 0 Å². The molecule has 0 aliphatic carbocycles. The van der Waals surface area contributed by atoms with Crippen LogP contribution in [0.4, 0.5) is 34.1 Å². The van der Waals surface area contributed by atoms with Crippen LogP contribution in [0.5, 0.6) is 17.6 Å². The molecular weight excluding hydrogens is 1000 g/mol. The van der Waals surface area contributed by atoms with Crippen molar-refractivity contribution in [1.29, 1.82) is 10.5 Å². The lowest BCUT2D eigenvalue weighted by atomic mass is 9.99. The summed E-state index contributed by atoms with van der Waals surface area (Å²) in [6.07, 6.45) is 3.79. The number of primary amides is 1. The lowest BCUT2D eigenvalue weighted by Crippen LogP contribution is -2.25. The lowest BCUT2D eigenvalue weighted by Gasteiger charge is -2.19. The Morgan fingerprint density at radius 1 is 0.724 bits per heavy atom. The van der Waals surface area contributed by atoms with Gasteiger partial charge in [0.25, 0.3) is 32.7 Å². The van der Waals surface area contributed by atoms with Gasteiger partial charge in [-0.3, -0.25) is 38.3 Å². The SMILES string of the molecule is CCCCC(CC)Cn1c(O)c(C#N)c(C)c(N=Nc2cccc(C(=O)O)c2)c1=O.Cc1c(C#N)c(O)[nH]c(=O)c1N=Nc1ccccc1S(=O)(=O)O.Cc1cc(C)c(N=Nc2c(C)c(C(N)=O)c(O)[nH]c2=O)c(C)c1. The number of aryl methyl sites for hydroxylation is 3. The molecule has 396 valence electrons. The molecule has 0 saturated carbocycles. The van der Waals surface area contributed by atoms with Crippen LogP contribution in [0.2, 0.25) is 0 Å². The topological polar surface area (TPSA) is 405 Å². The Bertz CT molecular complexity index is 3670. The smallest absolute Gasteiger partial charge is 0.335 e. The number of rotatable bonds is 15. The summed E-state index contributed by atoms with van der Waals surface area (Å²) in [6.45, 7) is 14.6. The molecule has 9 N–H and O–H groups in total. The van der Waals surface area contributed by atoms with Crippen molar-refractivity contribution < 1.29 is 43.0 Å². The van der Waals surface area contributed by atoms with Crippen LogP contribution in [0.15, 0.2) is 111 Å². The molecule has 0 radical (unpaired) electrons. The third kappa shape index (κ3) is 14.4. The Morgan fingerprint density at radius 3 is 1.84 bits per heavy atom. The Kier molecular flexibility index (Phi) is 20.2. The van der Waals surface area contributed by atoms with Crippen LogP contribution in [0.3, 0.4) is 0 Å². The summed E-state index contributed by atoms with van der Waals surface area (Å²) < 4.78 is 32.8. The van der Waals surface area contributed by atoms with E-state index < -0.39 is 55.3 Å². The van der Waals surface area contributed by atoms with Gasteiger partial charge in [-0.1, -0.05) is 69.0 Å². The predicted molar refractivity (Wildman–Crippen MR) is 278 cm³/mol. The first kappa shape index (κ1) is 59.1. The van der Waals surface area contributed by atoms with E-state index in [0.717, 1.165) is 48.4 Å². The molecule has 0 saturated heterocycles. The van der Waals surface area contributed by atoms with Gasteiger partial charge in [-0.2, -0.15) is 24.1 Å². The van der Waals surface area contributed by atoms with Crippen molar-refractivity contribution in [3.63, 3.8) is 0 Å². The Morgan fingerprint density at radius 2 is 1.28 bits per heavy atom. The van der Waals surface area contributed by atoms with E-state index in [1.165, 1.54) is 61.7 Å². The molecule has 6 rings (SSSR count). The summed E-state index contributed by atoms with van der Waals surface area (Å²) in [5.74, 6) is -3.29. The van der Waals surface area contributed by atoms with Crippen molar-refractivity contribution in [2.45, 2.75) is 92.5 Å². The van der Waals surface area contributed by atoms with E-state index in [1.807, 2.05) is 50.9 Å². The van der Waals surface area contributed by atoms with Crippen LogP contribution in [0.1, 0.15) is 105 Å². The number of nitrogens with two attached hydrogens (primary N) is 1. The molecule has 0 bridgehead atoms. The first-order valence-electron chi connectivity index (χ1n) is 23.0. The molecule has 25 heteroatoms. The highest BCUT2D eigenvalue weighted by Crippen LogP contribution is 2.32. The standard InChI is InChI=1S/C22H26N4O4.C16H18N4O3.C13H10N4O5S/c1-4-6-8-15(5-2)13-26-20(27)18(12-23)14(3)19(21(26)28)25-24-17-10-7-9-16(11-17)22(29)30;1-7-5-8(2)12(9(3)6-7)19-20-13-10(4)11(14(17)21)15(22)18-16(13)23;1-7-8(6-14)12(18)15-13(19)11(7)17-16-9-4-2-3-5-10(9)23(20,21)22/h7,9-11,15,27H,4-6,8,13H2,1-3H3,(H,29,30);5-6H,1-4H3,(H2,17,21)(H2,18,22,23);2-5H,1H3,(H2,15,18,19)(H,20,21,22). The fourth-order valence-electron chi connectivity index (χ4n) is 7.57. The second-order valence-corrected chi connectivity index (χ2v) is 18.4. The van der Waals surface area contributed by atoms with E-state index in [-0.39, 0.29) is 85.7 Å². The van der Waals surface area contributed by atoms with Gasteiger partial charge in [0.1, 0.15) is 39.4 Å². The normalized spacial score (nSPS) is 11.6. The maximum atomic E-state index is 13.0. The Hall–Kier alpha value is -9.46. The maximum Gasteiger partial charge on any atom is 0.335 e. The summed E-state index contributed by atoms with van der Waals surface area (Å²) in [5.41, 5.74) is 6.75. The molecule has 0 aliphatic rings. The van der Waals surface area contributed by atoms with Gasteiger partial charge in [0.2, 0.25) is 17.6 Å². The number of nitriles is 2. The largest absolute Gasteiger partial charge is 0.494 e. The minimum atomic E-state index is -4.51. The van der Waals surface area contributed by atoms with Crippen molar-refractivity contribution in [2.24, 2.45) is 42.3 Å². The zero-order valence-corrected chi connectivity index (χ0v) is 43.3. The van der Waals surface area contributed by atoms with Crippen molar-refractivity contribution >= 4 is 56.1 Å². The quantitative estimate of drug-likeness (QED) is 0.0350. The highest BCUT2D eigenvalue weighted by molar-refractivity contribution is 7.86. The number of pyridine rings is 3. The fourth-order valence-corrected chi connectivity index (χ4v) is 8.20. The van der Waals surface area contributed by atoms with Crippen LogP contribution in [-0.4, -0.2) is 59.8 Å². The van der Waals surface area contributed by atoms with Crippen LogP contribution in [-0.2, 0) is 16.7 Å². The highest BCUT2D eigenvalue weighted by atomic mass is 32.2. The first-order valence-corrected chi connectivity index (χ1v) is 24.5. The number of aromatic amines is 2. The fraction of sp³-hybridized carbons (Fsp3) is 0.275. The van der Waals surface area contributed by atoms with Gasteiger partial charge in [0.15, 0.2) is 17.1 Å². The van der Waals surface area contributed by atoms with E-state index in [2.05, 4.69) is 42.6 Å². The second-order valence-electron chi connectivity index (χ2n) is 17.0. The van der Waals surface area contributed by atoms with Crippen molar-refractivity contribution in [3.8, 4) is 29.8 Å². The van der Waals surface area contributed by atoms with Crippen LogP contribution in [0.25, 0.3) is 0 Å². The number of nitrogens with one attached hydrogen (secondary N) is 2. The zero-order chi connectivity index (χ0) is 56.8. The van der Waals surface area contributed by atoms with Gasteiger partial charge in [-0.15, -0.1) is 25.6 Å². The monoisotopic (exact) mass is 1060 g/mol. The van der Waals surface area contributed by atoms with Crippen molar-refractivity contribution in [3.05, 3.63) is 147 Å². The van der Waals surface area contributed by atoms with E-state index in [1.54, 1.807) is 12.1 Å². The molecule has 1 unspecified atom stereocenters. The highest BCUT2D eigenvalue weighted by Gasteiger charge is 2.23. The molecule has 3 aromatic carbocycles. The molecule has 3 aromatic heterocycles. The minimum Gasteiger partial charge on any atom is -0.494 e. The average molecular weight is 1060 g/mol. The zero-order valence-electron chi connectivity index (χ0n) is 42.5. The number of carboxylic acid groups (broad SMARTS) is 1. The molecular formula is C51H54N12O12S. The van der Waals surface area contributed by atoms with Crippen LogP contribution >= 0.6 is 0 Å². The van der Waals surface area contributed by atoms with E-state index in [4.69, 9.17) is 20.7 Å². The summed E-state index contributed by atoms with van der Waals surface area (Å²) in [7, 11) is -4.51. The number of aromatic carboxylic acids is 1. The summed E-state index contributed by atoms with van der Waals surface area (Å²) in [6, 6.07) is 18.7. The number of aromatic hydroxyl groups is 3. The number of azo groups is 3. The number of hydrogen-bond acceptors (Lipinski definition) is 18. The second kappa shape index (κ2) is 26.0. The summed E-state index contributed by atoms with van der Waals surface area (Å²) in [4.78, 5) is 63.0. The number of carbonyl (C=O) groups is 2. The maximum absolute atomic E-state index is 13.0. The van der Waals surface area contributed by atoms with Crippen LogP contribution < -0.4 is 22.4 Å². The Balaban J connectivity index is 0.000000250. The van der Waals surface area contributed by atoms with Gasteiger partial charge in [-0.25, -0.2) is 4.79 Å². The molecule has 6 aromatic rings. The molecule has 0 aliphatic heterocycles. The predicted octanol–water partition coefficient (Wildman–Crippen LogP) is 9.82. The van der Waals surface area contributed by atoms with Gasteiger partial charge in [-0.05, 0) is 95.3 Å². The molecule has 24 nitrogen and oxygen atoms in total. The molecule has 1 amide bonds. The lowest BCUT2D eigenvalue weighted by molar-refractivity contribution is 0.0696. The third-order valence-corrected chi connectivity index (χ3v) is 12.5. The number of hydrogen-bond donors (Lipinski definition) is 8. The number of benzene rings is 3. The number of amides is 1. The third-order valence-electron chi connectivity index (χ3n) is 11.6. The van der Waals surface area contributed by atoms with Gasteiger partial charge < -0.3 is 26.2 Å². The molecule has 1 atom stereocenters. The molecule has 0 spiro atoms. The number of aromatic nitrogens is 3. The number of H-pyrrole nitrogens is 2. The number of carboxylic acids is 1. The number of carbonyl (C=O) groups excluding carboxylic acids is 1. The van der Waals surface area contributed by atoms with Gasteiger partial charge >= 0.3 is 5.97 Å². The number of unbranched alkanes of at least 4 members (excludes halogenated alkanes) is 1. The average Bonchev–Trinajstić information content (AvgIpc) is 3.34.